The van der Waals surface area contributed by atoms with Crippen molar-refractivity contribution in [1.29, 1.82) is 5.26 Å². The maximum Gasteiger partial charge on any atom is 0.234 e. The molecule has 6 nitrogen and oxygen atoms in total. The summed E-state index contributed by atoms with van der Waals surface area (Å²) in [7, 11) is -1.95. The lowest BCUT2D eigenvalue weighted by molar-refractivity contribution is 0.217. The zero-order valence-electron chi connectivity index (χ0n) is 9.92. The van der Waals surface area contributed by atoms with E-state index >= 15 is 0 Å². The Morgan fingerprint density at radius 1 is 1.33 bits per heavy atom. The minimum absolute atomic E-state index is 0.0427. The number of hydrogen-bond acceptors (Lipinski definition) is 5. The average molecular weight is 270 g/mol. The van der Waals surface area contributed by atoms with Crippen LogP contribution < -0.4 is 9.46 Å². The molecule has 0 saturated carbocycles. The van der Waals surface area contributed by atoms with Gasteiger partial charge in [0.1, 0.15) is 11.8 Å². The molecular formula is C11H14N2O4S. The predicted octanol–water partition coefficient (Wildman–Crippen LogP) is 0.977. The van der Waals surface area contributed by atoms with Gasteiger partial charge >= 0.3 is 0 Å². The number of ether oxygens (including phenoxy) is 2. The Hall–Kier alpha value is -1.78. The molecule has 0 amide bonds. The Morgan fingerprint density at radius 3 is 2.56 bits per heavy atom. The van der Waals surface area contributed by atoms with Crippen molar-refractivity contribution in [3.05, 3.63) is 24.3 Å². The van der Waals surface area contributed by atoms with Crippen LogP contribution in [0, 0.1) is 11.3 Å². The van der Waals surface area contributed by atoms with Crippen molar-refractivity contribution in [1.82, 2.24) is 0 Å². The van der Waals surface area contributed by atoms with E-state index in [0.29, 0.717) is 11.4 Å². The maximum atomic E-state index is 11.6. The minimum atomic E-state index is -3.39. The van der Waals surface area contributed by atoms with E-state index < -0.39 is 10.0 Å². The van der Waals surface area contributed by atoms with Gasteiger partial charge in [0.05, 0.1) is 12.4 Å². The molecule has 7 heteroatoms. The zero-order chi connectivity index (χ0) is 13.4. The van der Waals surface area contributed by atoms with E-state index in [9.17, 15) is 8.42 Å². The first kappa shape index (κ1) is 14.3. The van der Waals surface area contributed by atoms with Crippen LogP contribution in [0.5, 0.6) is 5.75 Å². The summed E-state index contributed by atoms with van der Waals surface area (Å²) in [5.74, 6) is 0.410. The predicted molar refractivity (Wildman–Crippen MR) is 66.8 cm³/mol. The number of benzene rings is 1. The summed E-state index contributed by atoms with van der Waals surface area (Å²) in [6, 6.07) is 8.16. The summed E-state index contributed by atoms with van der Waals surface area (Å²) in [5.41, 5.74) is 0.440. The normalized spacial score (nSPS) is 10.7. The van der Waals surface area contributed by atoms with Gasteiger partial charge in [-0.05, 0) is 24.3 Å². The maximum absolute atomic E-state index is 11.6. The number of hydrogen-bond donors (Lipinski definition) is 1. The second-order valence-electron chi connectivity index (χ2n) is 3.38. The Labute approximate surface area is 106 Å². The van der Waals surface area contributed by atoms with E-state index in [4.69, 9.17) is 14.7 Å². The Kier molecular flexibility index (Phi) is 5.42. The van der Waals surface area contributed by atoms with Crippen LogP contribution in [-0.4, -0.2) is 34.5 Å². The number of nitrogens with zero attached hydrogens (tertiary/aromatic N) is 1. The summed E-state index contributed by atoms with van der Waals surface area (Å²) in [4.78, 5) is 0. The van der Waals surface area contributed by atoms with Crippen LogP contribution in [0.1, 0.15) is 0 Å². The largest absolute Gasteiger partial charge is 0.479 e. The lowest BCUT2D eigenvalue weighted by atomic mass is 10.3. The van der Waals surface area contributed by atoms with Crippen molar-refractivity contribution < 1.29 is 17.9 Å². The van der Waals surface area contributed by atoms with Crippen molar-refractivity contribution in [2.24, 2.45) is 0 Å². The highest BCUT2D eigenvalue weighted by atomic mass is 32.2. The molecule has 0 atom stereocenters. The summed E-state index contributed by atoms with van der Waals surface area (Å²) in [6.45, 7) is 0.0949. The fourth-order valence-electron chi connectivity index (χ4n) is 1.16. The van der Waals surface area contributed by atoms with Crippen molar-refractivity contribution >= 4 is 15.7 Å². The Morgan fingerprint density at radius 2 is 2.00 bits per heavy atom. The van der Waals surface area contributed by atoms with Gasteiger partial charge in [-0.3, -0.25) is 4.72 Å². The van der Waals surface area contributed by atoms with Crippen LogP contribution in [-0.2, 0) is 14.8 Å². The van der Waals surface area contributed by atoms with Crippen molar-refractivity contribution in [2.45, 2.75) is 0 Å². The summed E-state index contributed by atoms with van der Waals surface area (Å²) in [6.07, 6.45) is 0. The van der Waals surface area contributed by atoms with Crippen molar-refractivity contribution in [3.8, 4) is 11.8 Å². The second-order valence-corrected chi connectivity index (χ2v) is 5.23. The molecule has 18 heavy (non-hydrogen) atoms. The third kappa shape index (κ3) is 5.03. The monoisotopic (exact) mass is 270 g/mol. The van der Waals surface area contributed by atoms with Crippen LogP contribution in [0.15, 0.2) is 24.3 Å². The highest BCUT2D eigenvalue weighted by Crippen LogP contribution is 2.16. The van der Waals surface area contributed by atoms with E-state index in [1.165, 1.54) is 7.11 Å². The molecule has 0 aliphatic carbocycles. The van der Waals surface area contributed by atoms with E-state index in [2.05, 4.69) is 4.72 Å². The van der Waals surface area contributed by atoms with Crippen LogP contribution in [0.25, 0.3) is 0 Å². The van der Waals surface area contributed by atoms with Gasteiger partial charge in [-0.1, -0.05) is 0 Å². The van der Waals surface area contributed by atoms with Crippen molar-refractivity contribution in [3.63, 3.8) is 0 Å². The summed E-state index contributed by atoms with van der Waals surface area (Å²) >= 11 is 0. The van der Waals surface area contributed by atoms with E-state index in [1.807, 2.05) is 6.07 Å². The van der Waals surface area contributed by atoms with Gasteiger partial charge in [0.25, 0.3) is 0 Å². The SMILES string of the molecule is COCCS(=O)(=O)Nc1ccc(OCC#N)cc1. The van der Waals surface area contributed by atoms with Gasteiger partial charge in [0.2, 0.25) is 10.0 Å². The number of rotatable bonds is 7. The molecule has 0 radical (unpaired) electrons. The molecule has 0 heterocycles. The quantitative estimate of drug-likeness (QED) is 0.797. The number of nitrogens with one attached hydrogen (secondary N) is 1. The molecular weight excluding hydrogens is 256 g/mol. The van der Waals surface area contributed by atoms with Gasteiger partial charge < -0.3 is 9.47 Å². The molecule has 0 aromatic heterocycles. The minimum Gasteiger partial charge on any atom is -0.479 e. The third-order valence-electron chi connectivity index (χ3n) is 1.99. The molecule has 0 spiro atoms. The van der Waals surface area contributed by atoms with Gasteiger partial charge in [-0.25, -0.2) is 8.42 Å². The molecule has 1 N–H and O–H groups in total. The zero-order valence-corrected chi connectivity index (χ0v) is 10.7. The molecule has 0 aliphatic rings. The number of methoxy groups -OCH3 is 1. The lowest BCUT2D eigenvalue weighted by Gasteiger charge is -2.08. The van der Waals surface area contributed by atoms with Crippen LogP contribution in [0.2, 0.25) is 0 Å². The highest BCUT2D eigenvalue weighted by molar-refractivity contribution is 7.92. The first-order valence-electron chi connectivity index (χ1n) is 5.16. The van der Waals surface area contributed by atoms with E-state index in [1.54, 1.807) is 24.3 Å². The molecule has 1 aromatic carbocycles. The topological polar surface area (TPSA) is 88.4 Å². The summed E-state index contributed by atoms with van der Waals surface area (Å²) < 4.78 is 35.3. The average Bonchev–Trinajstić information content (AvgIpc) is 2.35. The molecule has 0 unspecified atom stereocenters. The number of anilines is 1. The molecule has 1 aromatic rings. The molecule has 98 valence electrons. The molecule has 0 fully saturated rings. The third-order valence-corrected chi connectivity index (χ3v) is 3.24. The Bertz CT molecular complexity index is 505. The smallest absolute Gasteiger partial charge is 0.234 e. The Balaban J connectivity index is 2.61. The van der Waals surface area contributed by atoms with Crippen LogP contribution in [0.4, 0.5) is 5.69 Å². The standard InChI is InChI=1S/C11H14N2O4S/c1-16-8-9-18(14,15)13-10-2-4-11(5-3-10)17-7-6-12/h2-5,13H,7-9H2,1H3. The van der Waals surface area contributed by atoms with Gasteiger partial charge in [0, 0.05) is 12.8 Å². The van der Waals surface area contributed by atoms with E-state index in [0.717, 1.165) is 0 Å². The van der Waals surface area contributed by atoms with Gasteiger partial charge in [-0.15, -0.1) is 0 Å². The number of nitriles is 1. The van der Waals surface area contributed by atoms with E-state index in [-0.39, 0.29) is 19.0 Å². The first-order chi connectivity index (χ1) is 8.57. The highest BCUT2D eigenvalue weighted by Gasteiger charge is 2.09. The summed E-state index contributed by atoms with van der Waals surface area (Å²) in [5, 5.41) is 8.34. The molecule has 1 rings (SSSR count). The van der Waals surface area contributed by atoms with Crippen molar-refractivity contribution in [2.75, 3.05) is 30.8 Å². The fraction of sp³-hybridized carbons (Fsp3) is 0.364. The van der Waals surface area contributed by atoms with Gasteiger partial charge in [0.15, 0.2) is 6.61 Å². The molecule has 0 bridgehead atoms. The van der Waals surface area contributed by atoms with Crippen LogP contribution in [0.3, 0.4) is 0 Å². The van der Waals surface area contributed by atoms with Crippen LogP contribution >= 0.6 is 0 Å². The number of sulfonamides is 1. The second kappa shape index (κ2) is 6.83. The van der Waals surface area contributed by atoms with Gasteiger partial charge in [-0.2, -0.15) is 5.26 Å². The fourth-order valence-corrected chi connectivity index (χ4v) is 2.14. The molecule has 0 aliphatic heterocycles. The lowest BCUT2D eigenvalue weighted by Crippen LogP contribution is -2.19. The molecule has 0 saturated heterocycles. The first-order valence-corrected chi connectivity index (χ1v) is 6.82.